The fourth-order valence-corrected chi connectivity index (χ4v) is 4.25. The zero-order valence-electron chi connectivity index (χ0n) is 21.5. The quantitative estimate of drug-likeness (QED) is 0.246. The zero-order chi connectivity index (χ0) is 25.6. The number of aromatic nitrogens is 3. The van der Waals surface area contributed by atoms with E-state index in [9.17, 15) is 9.59 Å². The molecular formula is C30H41N3O4. The van der Waals surface area contributed by atoms with Crippen molar-refractivity contribution in [1.29, 1.82) is 0 Å². The van der Waals surface area contributed by atoms with Crippen LogP contribution in [0.5, 0.6) is 0 Å². The third kappa shape index (κ3) is 10.3. The average molecular weight is 508 g/mol. The highest BCUT2D eigenvalue weighted by molar-refractivity contribution is 5.74. The van der Waals surface area contributed by atoms with E-state index >= 15 is 0 Å². The number of rotatable bonds is 10. The fourth-order valence-electron chi connectivity index (χ4n) is 4.25. The van der Waals surface area contributed by atoms with Crippen LogP contribution in [-0.2, 0) is 44.7 Å². The summed E-state index contributed by atoms with van der Waals surface area (Å²) in [5, 5.41) is 1.05. The smallest absolute Gasteiger partial charge is 0.305 e. The number of methoxy groups -OCH3 is 2. The Morgan fingerprint density at radius 3 is 2.08 bits per heavy atom. The van der Waals surface area contributed by atoms with Crippen molar-refractivity contribution in [3.63, 3.8) is 0 Å². The molecule has 4 rings (SSSR count). The van der Waals surface area contributed by atoms with Gasteiger partial charge in [-0.15, -0.1) is 0 Å². The zero-order valence-corrected chi connectivity index (χ0v) is 21.5. The van der Waals surface area contributed by atoms with Gasteiger partial charge in [-0.1, -0.05) is 13.5 Å². The van der Waals surface area contributed by atoms with Crippen LogP contribution < -0.4 is 0 Å². The average Bonchev–Trinajstić information content (AvgIpc) is 2.93. The second-order valence-corrected chi connectivity index (χ2v) is 9.03. The number of fused-ring (bicyclic) bond motifs is 2. The lowest BCUT2D eigenvalue weighted by Crippen LogP contribution is -2.07. The first-order valence-electron chi connectivity index (χ1n) is 12.9. The maximum absolute atomic E-state index is 11.0. The monoisotopic (exact) mass is 507 g/mol. The Labute approximate surface area is 221 Å². The van der Waals surface area contributed by atoms with Crippen molar-refractivity contribution in [3.8, 4) is 0 Å². The molecule has 1 aliphatic carbocycles. The van der Waals surface area contributed by atoms with Crippen molar-refractivity contribution in [1.82, 2.24) is 15.0 Å². The van der Waals surface area contributed by atoms with E-state index in [1.807, 2.05) is 24.3 Å². The molecule has 3 aromatic rings. The van der Waals surface area contributed by atoms with Gasteiger partial charge in [0.05, 0.1) is 14.2 Å². The molecule has 0 fully saturated rings. The number of unbranched alkanes of at least 4 members (excludes halogenated alkanes) is 2. The molecule has 0 saturated carbocycles. The highest BCUT2D eigenvalue weighted by Crippen LogP contribution is 2.20. The summed E-state index contributed by atoms with van der Waals surface area (Å²) in [6.45, 7) is 0. The van der Waals surface area contributed by atoms with E-state index in [2.05, 4.69) is 31.6 Å². The van der Waals surface area contributed by atoms with Crippen molar-refractivity contribution in [3.05, 3.63) is 65.2 Å². The van der Waals surface area contributed by atoms with Gasteiger partial charge in [0.15, 0.2) is 5.65 Å². The number of pyridine rings is 3. The molecule has 0 aliphatic heterocycles. The van der Waals surface area contributed by atoms with Crippen molar-refractivity contribution in [2.45, 2.75) is 84.5 Å². The number of hydrogen-bond donors (Lipinski definition) is 0. The van der Waals surface area contributed by atoms with Gasteiger partial charge in [0.2, 0.25) is 0 Å². The van der Waals surface area contributed by atoms with Crippen molar-refractivity contribution < 1.29 is 19.1 Å². The van der Waals surface area contributed by atoms with Crippen LogP contribution in [0.2, 0.25) is 0 Å². The number of aryl methyl sites for hydroxylation is 4. The summed E-state index contributed by atoms with van der Waals surface area (Å²) in [6, 6.07) is 12.3. The third-order valence-electron chi connectivity index (χ3n) is 6.34. The van der Waals surface area contributed by atoms with E-state index in [1.165, 1.54) is 50.4 Å². The first-order chi connectivity index (χ1) is 17.6. The topological polar surface area (TPSA) is 91.3 Å². The van der Waals surface area contributed by atoms with Crippen LogP contribution in [0.1, 0.15) is 81.4 Å². The maximum atomic E-state index is 11.0. The Morgan fingerprint density at radius 2 is 1.41 bits per heavy atom. The highest BCUT2D eigenvalue weighted by atomic mass is 16.5. The van der Waals surface area contributed by atoms with Crippen molar-refractivity contribution in [2.75, 3.05) is 14.2 Å². The number of esters is 2. The Hall–Kier alpha value is -3.35. The molecule has 0 radical (unpaired) electrons. The molecule has 0 unspecified atom stereocenters. The minimum Gasteiger partial charge on any atom is -0.469 e. The molecule has 200 valence electrons. The second-order valence-electron chi connectivity index (χ2n) is 9.03. The maximum Gasteiger partial charge on any atom is 0.305 e. The van der Waals surface area contributed by atoms with Crippen LogP contribution in [0.25, 0.3) is 11.0 Å². The molecule has 7 nitrogen and oxygen atoms in total. The molecule has 0 atom stereocenters. The molecule has 0 bridgehead atoms. The lowest BCUT2D eigenvalue weighted by Gasteiger charge is -2.15. The van der Waals surface area contributed by atoms with Gasteiger partial charge in [-0.2, -0.15) is 0 Å². The SMILES string of the molecule is C.COC(=O)CCCCc1ccc2c(n1)CCCC2.COC(=O)CCCCc1ccc2cccnc2n1. The number of nitrogens with zero attached hydrogens (tertiary/aromatic N) is 3. The first-order valence-corrected chi connectivity index (χ1v) is 12.9. The molecular weight excluding hydrogens is 466 g/mol. The van der Waals surface area contributed by atoms with Gasteiger partial charge in [0.1, 0.15) is 0 Å². The summed E-state index contributed by atoms with van der Waals surface area (Å²) in [5.41, 5.74) is 5.70. The largest absolute Gasteiger partial charge is 0.469 e. The standard InChI is InChI=1S/C15H21NO2.C14H16N2O2.CH4/c1-18-15(17)9-5-3-7-13-11-10-12-6-2-4-8-14(12)16-13;1-18-13(17)7-3-2-6-12-9-8-11-5-4-10-15-14(11)16-12;/h10-11H,2-9H2,1H3;4-5,8-10H,2-3,6-7H2,1H3;1H4. The van der Waals surface area contributed by atoms with Crippen LogP contribution in [0.3, 0.4) is 0 Å². The summed E-state index contributed by atoms with van der Waals surface area (Å²) in [5.74, 6) is -0.267. The molecule has 0 amide bonds. The number of ether oxygens (including phenoxy) is 2. The molecule has 37 heavy (non-hydrogen) atoms. The number of carbonyl (C=O) groups is 2. The predicted molar refractivity (Wildman–Crippen MR) is 146 cm³/mol. The summed E-state index contributed by atoms with van der Waals surface area (Å²) in [6.07, 6.45) is 13.1. The van der Waals surface area contributed by atoms with Gasteiger partial charge >= 0.3 is 11.9 Å². The van der Waals surface area contributed by atoms with Crippen LogP contribution in [-0.4, -0.2) is 41.1 Å². The minimum absolute atomic E-state index is 0. The molecule has 7 heteroatoms. The van der Waals surface area contributed by atoms with Crippen LogP contribution in [0.15, 0.2) is 42.6 Å². The molecule has 1 aliphatic rings. The summed E-state index contributed by atoms with van der Waals surface area (Å²) in [4.78, 5) is 35.4. The number of hydrogen-bond acceptors (Lipinski definition) is 7. The van der Waals surface area contributed by atoms with Gasteiger partial charge in [-0.05, 0) is 100 Å². The molecule has 3 aromatic heterocycles. The van der Waals surface area contributed by atoms with E-state index < -0.39 is 0 Å². The Kier molecular flexibility index (Phi) is 13.2. The lowest BCUT2D eigenvalue weighted by atomic mass is 9.95. The molecule has 0 N–H and O–H groups in total. The summed E-state index contributed by atoms with van der Waals surface area (Å²) < 4.78 is 9.22. The summed E-state index contributed by atoms with van der Waals surface area (Å²) in [7, 11) is 2.85. The van der Waals surface area contributed by atoms with Gasteiger partial charge in [0.25, 0.3) is 0 Å². The van der Waals surface area contributed by atoms with Crippen LogP contribution in [0.4, 0.5) is 0 Å². The van der Waals surface area contributed by atoms with Crippen molar-refractivity contribution >= 4 is 23.0 Å². The van der Waals surface area contributed by atoms with E-state index in [1.54, 1.807) is 6.20 Å². The van der Waals surface area contributed by atoms with Gasteiger partial charge in [-0.3, -0.25) is 14.6 Å². The van der Waals surface area contributed by atoms with Crippen molar-refractivity contribution in [2.24, 2.45) is 0 Å². The van der Waals surface area contributed by atoms with Crippen LogP contribution in [0, 0.1) is 0 Å². The molecule has 3 heterocycles. The second kappa shape index (κ2) is 16.4. The molecule has 0 spiro atoms. The Bertz CT molecular complexity index is 1130. The number of carbonyl (C=O) groups excluding carboxylic acids is 2. The Morgan fingerprint density at radius 1 is 0.784 bits per heavy atom. The van der Waals surface area contributed by atoms with Gasteiger partial charge in [0, 0.05) is 41.5 Å². The Balaban J connectivity index is 0.000000253. The highest BCUT2D eigenvalue weighted by Gasteiger charge is 2.11. The lowest BCUT2D eigenvalue weighted by molar-refractivity contribution is -0.141. The minimum atomic E-state index is -0.150. The molecule has 0 saturated heterocycles. The normalized spacial score (nSPS) is 11.9. The van der Waals surface area contributed by atoms with Gasteiger partial charge < -0.3 is 9.47 Å². The summed E-state index contributed by atoms with van der Waals surface area (Å²) >= 11 is 0. The van der Waals surface area contributed by atoms with E-state index in [-0.39, 0.29) is 19.4 Å². The van der Waals surface area contributed by atoms with E-state index in [0.29, 0.717) is 12.8 Å². The molecule has 0 aromatic carbocycles. The fraction of sp³-hybridized carbons (Fsp3) is 0.500. The predicted octanol–water partition coefficient (Wildman–Crippen LogP) is 6.00. The first kappa shape index (κ1) is 29.9. The van der Waals surface area contributed by atoms with Crippen LogP contribution >= 0.6 is 0 Å². The van der Waals surface area contributed by atoms with E-state index in [4.69, 9.17) is 4.98 Å². The van der Waals surface area contributed by atoms with Gasteiger partial charge in [-0.25, -0.2) is 9.97 Å². The van der Waals surface area contributed by atoms with E-state index in [0.717, 1.165) is 61.7 Å². The third-order valence-corrected chi connectivity index (χ3v) is 6.34.